The molecule has 0 saturated carbocycles. The molecule has 2 aromatic heterocycles. The third-order valence-electron chi connectivity index (χ3n) is 5.31. The van der Waals surface area contributed by atoms with E-state index >= 15 is 0 Å². The molecule has 1 aliphatic rings. The molecule has 8 nitrogen and oxygen atoms in total. The number of likely N-dealkylation sites (tertiary alicyclic amines) is 1. The van der Waals surface area contributed by atoms with Crippen LogP contribution in [0.25, 0.3) is 5.69 Å². The fourth-order valence-electron chi connectivity index (χ4n) is 3.78. The van der Waals surface area contributed by atoms with Gasteiger partial charge in [0.25, 0.3) is 5.91 Å². The Morgan fingerprint density at radius 2 is 1.79 bits per heavy atom. The van der Waals surface area contributed by atoms with Gasteiger partial charge in [0.1, 0.15) is 11.4 Å². The molecular weight excluding hydrogens is 441 g/mol. The summed E-state index contributed by atoms with van der Waals surface area (Å²) in [6.45, 7) is 1.44. The van der Waals surface area contributed by atoms with Gasteiger partial charge in [0.2, 0.25) is 5.88 Å². The number of halogens is 3. The van der Waals surface area contributed by atoms with E-state index in [4.69, 9.17) is 0 Å². The maximum atomic E-state index is 12.8. The molecule has 4 rings (SSSR count). The third-order valence-corrected chi connectivity index (χ3v) is 5.31. The van der Waals surface area contributed by atoms with Gasteiger partial charge in [0.15, 0.2) is 0 Å². The fraction of sp³-hybridized carbons (Fsp3) is 0.318. The van der Waals surface area contributed by atoms with E-state index in [0.717, 1.165) is 36.0 Å². The first-order valence-electron chi connectivity index (χ1n) is 10.3. The van der Waals surface area contributed by atoms with Gasteiger partial charge in [-0.2, -0.15) is 0 Å². The molecule has 0 bridgehead atoms. The average Bonchev–Trinajstić information content (AvgIpc) is 3.06. The van der Waals surface area contributed by atoms with E-state index in [0.29, 0.717) is 18.7 Å². The number of pyridine rings is 1. The van der Waals surface area contributed by atoms with E-state index in [1.54, 1.807) is 17.0 Å². The molecular formula is C22H21F3N4O4. The van der Waals surface area contributed by atoms with Crippen LogP contribution in [0.4, 0.5) is 13.2 Å². The van der Waals surface area contributed by atoms with E-state index < -0.39 is 17.8 Å². The first kappa shape index (κ1) is 22.4. The van der Waals surface area contributed by atoms with Gasteiger partial charge in [-0.15, -0.1) is 13.2 Å². The number of carbonyl (C=O) groups is 1. The van der Waals surface area contributed by atoms with Crippen molar-refractivity contribution in [1.29, 1.82) is 0 Å². The highest BCUT2D eigenvalue weighted by Crippen LogP contribution is 2.24. The number of hydrogen-bond donors (Lipinski definition) is 1. The van der Waals surface area contributed by atoms with Crippen molar-refractivity contribution >= 4 is 5.91 Å². The van der Waals surface area contributed by atoms with Gasteiger partial charge in [-0.25, -0.2) is 9.36 Å². The smallest absolute Gasteiger partial charge is 0.493 e. The van der Waals surface area contributed by atoms with E-state index in [1.165, 1.54) is 29.1 Å². The quantitative estimate of drug-likeness (QED) is 0.629. The van der Waals surface area contributed by atoms with Crippen LogP contribution in [-0.2, 0) is 6.54 Å². The fourth-order valence-corrected chi connectivity index (χ4v) is 3.78. The number of ether oxygens (including phenoxy) is 1. The van der Waals surface area contributed by atoms with Crippen molar-refractivity contribution in [2.24, 2.45) is 0 Å². The zero-order valence-corrected chi connectivity index (χ0v) is 17.5. The highest BCUT2D eigenvalue weighted by molar-refractivity contribution is 5.92. The number of imidazole rings is 1. The number of nitrogens with zero attached hydrogens (tertiary/aromatic N) is 4. The summed E-state index contributed by atoms with van der Waals surface area (Å²) in [5.74, 6) is -0.991. The van der Waals surface area contributed by atoms with E-state index in [1.807, 2.05) is 0 Å². The van der Waals surface area contributed by atoms with Gasteiger partial charge >= 0.3 is 12.1 Å². The van der Waals surface area contributed by atoms with E-state index in [9.17, 15) is 27.9 Å². The average molecular weight is 462 g/mol. The summed E-state index contributed by atoms with van der Waals surface area (Å²) < 4.78 is 43.0. The zero-order valence-electron chi connectivity index (χ0n) is 17.5. The molecule has 1 aromatic carbocycles. The van der Waals surface area contributed by atoms with Crippen molar-refractivity contribution < 1.29 is 27.8 Å². The normalized spacial score (nSPS) is 14.3. The second-order valence-corrected chi connectivity index (χ2v) is 7.68. The number of rotatable bonds is 5. The zero-order chi connectivity index (χ0) is 23.6. The second kappa shape index (κ2) is 9.00. The van der Waals surface area contributed by atoms with Crippen LogP contribution in [0.15, 0.2) is 53.6 Å². The monoisotopic (exact) mass is 462 g/mol. The van der Waals surface area contributed by atoms with Gasteiger partial charge in [-0.3, -0.25) is 14.3 Å². The topological polar surface area (TPSA) is 89.6 Å². The van der Waals surface area contributed by atoms with Crippen LogP contribution >= 0.6 is 0 Å². The van der Waals surface area contributed by atoms with Gasteiger partial charge in [-0.1, -0.05) is 0 Å². The van der Waals surface area contributed by atoms with Crippen LogP contribution in [0.2, 0.25) is 0 Å². The molecule has 1 aliphatic heterocycles. The van der Waals surface area contributed by atoms with Crippen molar-refractivity contribution in [3.63, 3.8) is 0 Å². The number of amides is 1. The summed E-state index contributed by atoms with van der Waals surface area (Å²) >= 11 is 0. The minimum Gasteiger partial charge on any atom is -0.493 e. The van der Waals surface area contributed by atoms with Crippen molar-refractivity contribution in [3.05, 3.63) is 70.5 Å². The third kappa shape index (κ3) is 5.18. The summed E-state index contributed by atoms with van der Waals surface area (Å²) in [4.78, 5) is 31.5. The number of hydrogen-bond acceptors (Lipinski definition) is 5. The predicted octanol–water partition coefficient (Wildman–Crippen LogP) is 3.31. The molecule has 0 aliphatic carbocycles. The summed E-state index contributed by atoms with van der Waals surface area (Å²) in [5.41, 5.74) is 0.490. The number of aromatic nitrogens is 3. The highest BCUT2D eigenvalue weighted by Gasteiger charge is 2.31. The Kier molecular flexibility index (Phi) is 6.12. The maximum absolute atomic E-state index is 12.8. The summed E-state index contributed by atoms with van der Waals surface area (Å²) in [6.07, 6.45) is 0.887. The lowest BCUT2D eigenvalue weighted by Gasteiger charge is -2.26. The molecule has 0 unspecified atom stereocenters. The summed E-state index contributed by atoms with van der Waals surface area (Å²) in [6, 6.07) is 7.83. The summed E-state index contributed by atoms with van der Waals surface area (Å²) in [5, 5.41) is 10.3. The molecule has 3 aromatic rings. The van der Waals surface area contributed by atoms with Crippen LogP contribution in [0, 0.1) is 0 Å². The van der Waals surface area contributed by atoms with Crippen LogP contribution in [0.1, 0.15) is 35.3 Å². The second-order valence-electron chi connectivity index (χ2n) is 7.68. The van der Waals surface area contributed by atoms with Crippen molar-refractivity contribution in [2.45, 2.75) is 32.2 Å². The van der Waals surface area contributed by atoms with Crippen molar-refractivity contribution in [1.82, 2.24) is 19.0 Å². The standard InChI is InChI=1S/C22H21F3N4O4/c23-22(24,25)33-17-6-4-16(5-7-17)29-19(30)14-28(21(29)32)13-15-8-9-26-18(12-15)20(31)27-10-2-1-3-11-27/h4-9,12,14,30H,1-3,10-11,13H2. The van der Waals surface area contributed by atoms with Crippen molar-refractivity contribution in [3.8, 4) is 17.3 Å². The Bertz CT molecular complexity index is 1200. The first-order valence-corrected chi connectivity index (χ1v) is 10.3. The Balaban J connectivity index is 1.54. The van der Waals surface area contributed by atoms with Gasteiger partial charge in [-0.05, 0) is 61.2 Å². The molecule has 174 valence electrons. The molecule has 1 amide bonds. The van der Waals surface area contributed by atoms with Gasteiger partial charge in [0.05, 0.1) is 18.4 Å². The number of benzene rings is 1. The Hall–Kier alpha value is -3.76. The number of piperidine rings is 1. The Morgan fingerprint density at radius 3 is 2.45 bits per heavy atom. The molecule has 0 radical (unpaired) electrons. The first-order chi connectivity index (χ1) is 15.7. The molecule has 0 atom stereocenters. The molecule has 0 spiro atoms. The molecule has 1 fully saturated rings. The number of aromatic hydroxyl groups is 1. The predicted molar refractivity (Wildman–Crippen MR) is 111 cm³/mol. The van der Waals surface area contributed by atoms with Crippen LogP contribution in [0.3, 0.4) is 0 Å². The lowest BCUT2D eigenvalue weighted by molar-refractivity contribution is -0.274. The minimum absolute atomic E-state index is 0.0669. The largest absolute Gasteiger partial charge is 0.573 e. The molecule has 1 N–H and O–H groups in total. The lowest BCUT2D eigenvalue weighted by atomic mass is 10.1. The minimum atomic E-state index is -4.83. The molecule has 1 saturated heterocycles. The lowest BCUT2D eigenvalue weighted by Crippen LogP contribution is -2.36. The molecule has 3 heterocycles. The summed E-state index contributed by atoms with van der Waals surface area (Å²) in [7, 11) is 0. The number of alkyl halides is 3. The SMILES string of the molecule is O=C(c1cc(Cn2cc(O)n(-c3ccc(OC(F)(F)F)cc3)c2=O)ccn1)N1CCCCC1. The Labute approximate surface area is 186 Å². The van der Waals surface area contributed by atoms with Crippen LogP contribution < -0.4 is 10.4 Å². The van der Waals surface area contributed by atoms with Gasteiger partial charge in [0, 0.05) is 19.3 Å². The maximum Gasteiger partial charge on any atom is 0.573 e. The molecule has 33 heavy (non-hydrogen) atoms. The van der Waals surface area contributed by atoms with Crippen molar-refractivity contribution in [2.75, 3.05) is 13.1 Å². The van der Waals surface area contributed by atoms with E-state index in [-0.39, 0.29) is 29.7 Å². The van der Waals surface area contributed by atoms with E-state index in [2.05, 4.69) is 9.72 Å². The van der Waals surface area contributed by atoms with Crippen LogP contribution in [0.5, 0.6) is 11.6 Å². The Morgan fingerprint density at radius 1 is 1.09 bits per heavy atom. The number of carbonyl (C=O) groups excluding carboxylic acids is 1. The highest BCUT2D eigenvalue weighted by atomic mass is 19.4. The van der Waals surface area contributed by atoms with Gasteiger partial charge < -0.3 is 14.7 Å². The molecule has 11 heteroatoms. The van der Waals surface area contributed by atoms with Crippen LogP contribution in [-0.4, -0.2) is 49.5 Å².